The summed E-state index contributed by atoms with van der Waals surface area (Å²) in [6, 6.07) is 1.92. The van der Waals surface area contributed by atoms with Crippen LogP contribution < -0.4 is 16.0 Å². The van der Waals surface area contributed by atoms with Gasteiger partial charge in [-0.1, -0.05) is 25.9 Å². The lowest BCUT2D eigenvalue weighted by molar-refractivity contribution is 0.0448. The maximum atomic E-state index is 12.3. The Bertz CT molecular complexity index is 630. The average molecular weight is 396 g/mol. The lowest BCUT2D eigenvalue weighted by atomic mass is 9.93. The van der Waals surface area contributed by atoms with Gasteiger partial charge in [0.05, 0.1) is 11.2 Å². The quantitative estimate of drug-likeness (QED) is 0.438. The van der Waals surface area contributed by atoms with E-state index in [1.807, 2.05) is 54.5 Å². The van der Waals surface area contributed by atoms with Gasteiger partial charge in [0.1, 0.15) is 12.1 Å². The van der Waals surface area contributed by atoms with Gasteiger partial charge in [-0.25, -0.2) is 9.79 Å². The van der Waals surface area contributed by atoms with Crippen LogP contribution in [0.4, 0.5) is 4.79 Å². The second-order valence-corrected chi connectivity index (χ2v) is 7.80. The Morgan fingerprint density at radius 2 is 1.86 bits per heavy atom. The van der Waals surface area contributed by atoms with Gasteiger partial charge in [-0.15, -0.1) is 0 Å². The molecular formula is C20H37N5O3. The highest BCUT2D eigenvalue weighted by atomic mass is 16.6. The number of carbonyl (C=O) groups is 1. The summed E-state index contributed by atoms with van der Waals surface area (Å²) in [7, 11) is 0. The fraction of sp³-hybridized carbons (Fsp3) is 0.750. The van der Waals surface area contributed by atoms with Crippen LogP contribution >= 0.6 is 0 Å². The molecular weight excluding hydrogens is 358 g/mol. The molecule has 0 radical (unpaired) electrons. The van der Waals surface area contributed by atoms with Gasteiger partial charge in [0.15, 0.2) is 11.7 Å². The van der Waals surface area contributed by atoms with Crippen LogP contribution in [0.2, 0.25) is 0 Å². The molecule has 0 saturated heterocycles. The Hall–Kier alpha value is -2.25. The molecule has 0 saturated carbocycles. The largest absolute Gasteiger partial charge is 0.444 e. The van der Waals surface area contributed by atoms with Gasteiger partial charge in [0, 0.05) is 19.2 Å². The molecule has 1 heterocycles. The Balaban J connectivity index is 2.77. The molecule has 8 nitrogen and oxygen atoms in total. The summed E-state index contributed by atoms with van der Waals surface area (Å²) in [5.74, 6) is 1.38. The molecule has 0 aliphatic heterocycles. The van der Waals surface area contributed by atoms with Crippen molar-refractivity contribution in [2.75, 3.05) is 13.1 Å². The first kappa shape index (κ1) is 23.8. The SMILES string of the molecule is CCNC(=NCc1cc(CC)no1)NCC(CC)(CC)NC(=O)OC(C)(C)C. The summed E-state index contributed by atoms with van der Waals surface area (Å²) in [6.45, 7) is 15.4. The van der Waals surface area contributed by atoms with E-state index in [9.17, 15) is 4.79 Å². The lowest BCUT2D eigenvalue weighted by Crippen LogP contribution is -2.57. The van der Waals surface area contributed by atoms with E-state index in [-0.39, 0.29) is 0 Å². The molecule has 0 unspecified atom stereocenters. The van der Waals surface area contributed by atoms with Gasteiger partial charge < -0.3 is 25.2 Å². The van der Waals surface area contributed by atoms with Crippen molar-refractivity contribution < 1.29 is 14.1 Å². The van der Waals surface area contributed by atoms with Crippen molar-refractivity contribution in [3.63, 3.8) is 0 Å². The van der Waals surface area contributed by atoms with Crippen molar-refractivity contribution in [1.29, 1.82) is 0 Å². The van der Waals surface area contributed by atoms with Crippen LogP contribution in [0.1, 0.15) is 72.8 Å². The number of ether oxygens (including phenoxy) is 1. The van der Waals surface area contributed by atoms with Crippen molar-refractivity contribution in [2.24, 2.45) is 4.99 Å². The molecule has 0 bridgehead atoms. The van der Waals surface area contributed by atoms with Gasteiger partial charge in [0.2, 0.25) is 0 Å². The van der Waals surface area contributed by atoms with Crippen LogP contribution in [-0.4, -0.2) is 41.4 Å². The number of aromatic nitrogens is 1. The molecule has 1 rings (SSSR count). The number of rotatable bonds is 9. The third-order valence-corrected chi connectivity index (χ3v) is 4.42. The minimum atomic E-state index is -0.532. The number of aliphatic imine (C=N–C) groups is 1. The minimum Gasteiger partial charge on any atom is -0.444 e. The molecule has 0 aliphatic rings. The van der Waals surface area contributed by atoms with E-state index in [0.29, 0.717) is 19.0 Å². The summed E-state index contributed by atoms with van der Waals surface area (Å²) in [6.07, 6.45) is 1.94. The summed E-state index contributed by atoms with van der Waals surface area (Å²) >= 11 is 0. The molecule has 28 heavy (non-hydrogen) atoms. The molecule has 0 atom stereocenters. The monoisotopic (exact) mass is 395 g/mol. The number of alkyl carbamates (subject to hydrolysis) is 1. The summed E-state index contributed by atoms with van der Waals surface area (Å²) in [4.78, 5) is 16.8. The first-order valence-corrected chi connectivity index (χ1v) is 10.1. The van der Waals surface area contributed by atoms with Gasteiger partial charge in [-0.3, -0.25) is 0 Å². The normalized spacial score (nSPS) is 12.6. The average Bonchev–Trinajstić information content (AvgIpc) is 3.09. The van der Waals surface area contributed by atoms with Gasteiger partial charge in [-0.2, -0.15) is 0 Å². The molecule has 160 valence electrons. The van der Waals surface area contributed by atoms with Crippen LogP contribution in [0, 0.1) is 0 Å². The standard InChI is InChI=1S/C20H37N5O3/c1-8-15-12-16(28-25-15)13-22-17(21-11-4)23-14-20(9-2,10-3)24-18(26)27-19(5,6)7/h12H,8-11,13-14H2,1-7H3,(H,24,26)(H2,21,22,23). The van der Waals surface area contributed by atoms with E-state index in [0.717, 1.165) is 37.3 Å². The lowest BCUT2D eigenvalue weighted by Gasteiger charge is -2.34. The number of nitrogens with one attached hydrogen (secondary N) is 3. The smallest absolute Gasteiger partial charge is 0.408 e. The Labute approximate surface area is 168 Å². The van der Waals surface area contributed by atoms with Crippen LogP contribution in [0.5, 0.6) is 0 Å². The van der Waals surface area contributed by atoms with Crippen molar-refractivity contribution in [3.8, 4) is 0 Å². The van der Waals surface area contributed by atoms with E-state index in [4.69, 9.17) is 9.26 Å². The third-order valence-electron chi connectivity index (χ3n) is 4.42. The first-order chi connectivity index (χ1) is 13.2. The van der Waals surface area contributed by atoms with Crippen LogP contribution in [-0.2, 0) is 17.7 Å². The number of hydrogen-bond acceptors (Lipinski definition) is 5. The van der Waals surface area contributed by atoms with E-state index in [1.165, 1.54) is 0 Å². The predicted molar refractivity (Wildman–Crippen MR) is 111 cm³/mol. The fourth-order valence-electron chi connectivity index (χ4n) is 2.59. The summed E-state index contributed by atoms with van der Waals surface area (Å²) in [5, 5.41) is 13.6. The summed E-state index contributed by atoms with van der Waals surface area (Å²) in [5.41, 5.74) is -0.0453. The topological polar surface area (TPSA) is 101 Å². The van der Waals surface area contributed by atoms with Gasteiger partial charge in [0.25, 0.3) is 0 Å². The number of amides is 1. The minimum absolute atomic E-state index is 0.396. The highest BCUT2D eigenvalue weighted by Gasteiger charge is 2.30. The number of aryl methyl sites for hydroxylation is 1. The Kier molecular flexibility index (Phi) is 9.28. The van der Waals surface area contributed by atoms with Crippen LogP contribution in [0.25, 0.3) is 0 Å². The maximum Gasteiger partial charge on any atom is 0.408 e. The Morgan fingerprint density at radius 1 is 1.18 bits per heavy atom. The second-order valence-electron chi connectivity index (χ2n) is 7.80. The van der Waals surface area contributed by atoms with Crippen molar-refractivity contribution in [2.45, 2.75) is 85.4 Å². The number of nitrogens with zero attached hydrogens (tertiary/aromatic N) is 2. The molecule has 1 amide bonds. The van der Waals surface area contributed by atoms with E-state index < -0.39 is 17.2 Å². The number of carbonyl (C=O) groups excluding carboxylic acids is 1. The predicted octanol–water partition coefficient (Wildman–Crippen LogP) is 3.38. The van der Waals surface area contributed by atoms with Crippen molar-refractivity contribution in [1.82, 2.24) is 21.1 Å². The first-order valence-electron chi connectivity index (χ1n) is 10.1. The molecule has 0 aromatic carbocycles. The molecule has 0 fully saturated rings. The van der Waals surface area contributed by atoms with Crippen LogP contribution in [0.3, 0.4) is 0 Å². The van der Waals surface area contributed by atoms with E-state index in [1.54, 1.807) is 0 Å². The summed E-state index contributed by atoms with van der Waals surface area (Å²) < 4.78 is 10.7. The zero-order valence-corrected chi connectivity index (χ0v) is 18.4. The highest BCUT2D eigenvalue weighted by molar-refractivity contribution is 5.80. The molecule has 0 spiro atoms. The third kappa shape index (κ3) is 8.19. The van der Waals surface area contributed by atoms with Gasteiger partial charge >= 0.3 is 6.09 Å². The zero-order chi connectivity index (χ0) is 21.2. The van der Waals surface area contributed by atoms with Crippen LogP contribution in [0.15, 0.2) is 15.6 Å². The van der Waals surface area contributed by atoms with Crippen molar-refractivity contribution in [3.05, 3.63) is 17.5 Å². The molecule has 3 N–H and O–H groups in total. The van der Waals surface area contributed by atoms with E-state index >= 15 is 0 Å². The molecule has 8 heteroatoms. The highest BCUT2D eigenvalue weighted by Crippen LogP contribution is 2.16. The maximum absolute atomic E-state index is 12.3. The molecule has 1 aromatic heterocycles. The fourth-order valence-corrected chi connectivity index (χ4v) is 2.59. The number of hydrogen-bond donors (Lipinski definition) is 3. The number of guanidine groups is 1. The van der Waals surface area contributed by atoms with Gasteiger partial charge in [-0.05, 0) is 47.0 Å². The van der Waals surface area contributed by atoms with E-state index in [2.05, 4.69) is 26.1 Å². The molecule has 0 aliphatic carbocycles. The van der Waals surface area contributed by atoms with Crippen molar-refractivity contribution >= 4 is 12.1 Å². The molecule has 1 aromatic rings. The second kappa shape index (κ2) is 10.9. The zero-order valence-electron chi connectivity index (χ0n) is 18.4. The Morgan fingerprint density at radius 3 is 2.36 bits per heavy atom.